The van der Waals surface area contributed by atoms with Crippen LogP contribution in [0, 0.1) is 6.92 Å². The zero-order valence-electron chi connectivity index (χ0n) is 13.9. The van der Waals surface area contributed by atoms with Gasteiger partial charge in [0.05, 0.1) is 11.5 Å². The van der Waals surface area contributed by atoms with Gasteiger partial charge in [-0.05, 0) is 32.4 Å². The summed E-state index contributed by atoms with van der Waals surface area (Å²) >= 11 is 0. The average Bonchev–Trinajstić information content (AvgIpc) is 2.88. The second-order valence-corrected chi connectivity index (χ2v) is 8.26. The van der Waals surface area contributed by atoms with Crippen molar-refractivity contribution in [2.45, 2.75) is 26.3 Å². The molecular weight excluding hydrogens is 324 g/mol. The van der Waals surface area contributed by atoms with Crippen LogP contribution in [-0.2, 0) is 9.84 Å². The number of para-hydroxylation sites is 1. The molecule has 1 aromatic carbocycles. The van der Waals surface area contributed by atoms with Crippen molar-refractivity contribution in [1.82, 2.24) is 9.97 Å². The lowest BCUT2D eigenvalue weighted by Crippen LogP contribution is -2.37. The number of sulfone groups is 1. The van der Waals surface area contributed by atoms with E-state index in [1.165, 1.54) is 0 Å². The number of anilines is 3. The van der Waals surface area contributed by atoms with E-state index in [9.17, 15) is 8.42 Å². The predicted molar refractivity (Wildman–Crippen MR) is 96.6 cm³/mol. The van der Waals surface area contributed by atoms with Gasteiger partial charge in [-0.1, -0.05) is 18.2 Å². The van der Waals surface area contributed by atoms with Gasteiger partial charge >= 0.3 is 0 Å². The molecule has 1 N–H and O–H groups in total. The van der Waals surface area contributed by atoms with Crippen molar-refractivity contribution in [3.8, 4) is 0 Å². The minimum absolute atomic E-state index is 0.0497. The van der Waals surface area contributed by atoms with Crippen LogP contribution in [0.4, 0.5) is 17.5 Å². The standard InChI is InChI=1S/C17H22N4O2S/c1-3-21(15-9-10-24(22,23)12-15)17-18-13(2)11-16(20-17)19-14-7-5-4-6-8-14/h4-8,11,15H,3,9-10,12H2,1-2H3,(H,18,19,20). The summed E-state index contributed by atoms with van der Waals surface area (Å²) in [5, 5.41) is 3.27. The summed E-state index contributed by atoms with van der Waals surface area (Å²) in [5.41, 5.74) is 1.80. The SMILES string of the molecule is CCN(c1nc(C)cc(Nc2ccccc2)n1)C1CCS(=O)(=O)C1. The van der Waals surface area contributed by atoms with Gasteiger partial charge in [0.25, 0.3) is 0 Å². The average molecular weight is 346 g/mol. The number of aryl methyl sites for hydroxylation is 1. The highest BCUT2D eigenvalue weighted by atomic mass is 32.2. The first-order valence-electron chi connectivity index (χ1n) is 8.11. The molecule has 3 rings (SSSR count). The lowest BCUT2D eigenvalue weighted by molar-refractivity contribution is 0.599. The summed E-state index contributed by atoms with van der Waals surface area (Å²) < 4.78 is 23.6. The van der Waals surface area contributed by atoms with Crippen LogP contribution in [0.2, 0.25) is 0 Å². The van der Waals surface area contributed by atoms with Gasteiger partial charge in [0.1, 0.15) is 5.82 Å². The van der Waals surface area contributed by atoms with Crippen LogP contribution in [0.25, 0.3) is 0 Å². The lowest BCUT2D eigenvalue weighted by Gasteiger charge is -2.27. The summed E-state index contributed by atoms with van der Waals surface area (Å²) in [7, 11) is -2.94. The fraction of sp³-hybridized carbons (Fsp3) is 0.412. The van der Waals surface area contributed by atoms with Crippen LogP contribution in [-0.4, -0.2) is 42.5 Å². The van der Waals surface area contributed by atoms with Gasteiger partial charge in [-0.15, -0.1) is 0 Å². The third-order valence-corrected chi connectivity index (χ3v) is 5.89. The number of nitrogens with zero attached hydrogens (tertiary/aromatic N) is 3. The van der Waals surface area contributed by atoms with E-state index in [1.807, 2.05) is 55.1 Å². The van der Waals surface area contributed by atoms with E-state index >= 15 is 0 Å². The monoisotopic (exact) mass is 346 g/mol. The quantitative estimate of drug-likeness (QED) is 0.897. The lowest BCUT2D eigenvalue weighted by atomic mass is 10.2. The van der Waals surface area contributed by atoms with Crippen LogP contribution in [0.5, 0.6) is 0 Å². The van der Waals surface area contributed by atoms with Crippen molar-refractivity contribution in [2.75, 3.05) is 28.3 Å². The zero-order valence-corrected chi connectivity index (χ0v) is 14.8. The Morgan fingerprint density at radius 1 is 1.25 bits per heavy atom. The van der Waals surface area contributed by atoms with Gasteiger partial charge < -0.3 is 10.2 Å². The van der Waals surface area contributed by atoms with Crippen molar-refractivity contribution < 1.29 is 8.42 Å². The molecule has 2 aromatic rings. The van der Waals surface area contributed by atoms with Crippen LogP contribution in [0.3, 0.4) is 0 Å². The fourth-order valence-electron chi connectivity index (χ4n) is 3.00. The van der Waals surface area contributed by atoms with E-state index in [1.54, 1.807) is 0 Å². The normalized spacial score (nSPS) is 19.2. The first-order valence-corrected chi connectivity index (χ1v) is 9.94. The van der Waals surface area contributed by atoms with E-state index in [-0.39, 0.29) is 17.5 Å². The van der Waals surface area contributed by atoms with Gasteiger partial charge in [0.2, 0.25) is 5.95 Å². The topological polar surface area (TPSA) is 75.2 Å². The number of rotatable bonds is 5. The molecule has 1 aliphatic heterocycles. The van der Waals surface area contributed by atoms with Gasteiger partial charge in [0, 0.05) is 30.0 Å². The van der Waals surface area contributed by atoms with Crippen molar-refractivity contribution in [3.05, 3.63) is 42.1 Å². The maximum atomic E-state index is 11.8. The first kappa shape index (κ1) is 16.7. The maximum absolute atomic E-state index is 11.8. The molecule has 24 heavy (non-hydrogen) atoms. The molecular formula is C17H22N4O2S. The smallest absolute Gasteiger partial charge is 0.227 e. The van der Waals surface area contributed by atoms with E-state index in [0.29, 0.717) is 24.7 Å². The second-order valence-electron chi connectivity index (χ2n) is 6.03. The molecule has 0 amide bonds. The molecule has 1 fully saturated rings. The van der Waals surface area contributed by atoms with Crippen molar-refractivity contribution >= 4 is 27.3 Å². The largest absolute Gasteiger partial charge is 0.340 e. The Hall–Kier alpha value is -2.15. The van der Waals surface area contributed by atoms with Crippen molar-refractivity contribution in [1.29, 1.82) is 0 Å². The highest BCUT2D eigenvalue weighted by Gasteiger charge is 2.33. The van der Waals surface area contributed by atoms with Gasteiger partial charge in [-0.3, -0.25) is 0 Å². The Morgan fingerprint density at radius 2 is 2.00 bits per heavy atom. The Kier molecular flexibility index (Phi) is 4.71. The predicted octanol–water partition coefficient (Wildman–Crippen LogP) is 2.54. The third kappa shape index (κ3) is 3.84. The minimum Gasteiger partial charge on any atom is -0.340 e. The minimum atomic E-state index is -2.94. The molecule has 1 aliphatic rings. The van der Waals surface area contributed by atoms with E-state index in [4.69, 9.17) is 0 Å². The fourth-order valence-corrected chi connectivity index (χ4v) is 4.73. The molecule has 128 valence electrons. The summed E-state index contributed by atoms with van der Waals surface area (Å²) in [6.07, 6.45) is 0.634. The first-order chi connectivity index (χ1) is 11.5. The molecule has 0 saturated carbocycles. The zero-order chi connectivity index (χ0) is 17.2. The third-order valence-electron chi connectivity index (χ3n) is 4.14. The van der Waals surface area contributed by atoms with E-state index in [0.717, 1.165) is 11.4 Å². The number of hydrogen-bond acceptors (Lipinski definition) is 6. The Balaban J connectivity index is 1.87. The summed E-state index contributed by atoms with van der Waals surface area (Å²) in [6, 6.07) is 11.7. The molecule has 1 atom stereocenters. The highest BCUT2D eigenvalue weighted by Crippen LogP contribution is 2.24. The highest BCUT2D eigenvalue weighted by molar-refractivity contribution is 7.91. The van der Waals surface area contributed by atoms with E-state index in [2.05, 4.69) is 15.3 Å². The molecule has 0 aliphatic carbocycles. The summed E-state index contributed by atoms with van der Waals surface area (Å²) in [6.45, 7) is 4.59. The molecule has 2 heterocycles. The maximum Gasteiger partial charge on any atom is 0.227 e. The van der Waals surface area contributed by atoms with Crippen LogP contribution < -0.4 is 10.2 Å². The molecule has 7 heteroatoms. The molecule has 6 nitrogen and oxygen atoms in total. The summed E-state index contributed by atoms with van der Waals surface area (Å²) in [5.74, 6) is 1.72. The molecule has 1 unspecified atom stereocenters. The number of nitrogens with one attached hydrogen (secondary N) is 1. The molecule has 0 spiro atoms. The van der Waals surface area contributed by atoms with Crippen molar-refractivity contribution in [3.63, 3.8) is 0 Å². The Morgan fingerprint density at radius 3 is 2.62 bits per heavy atom. The molecule has 1 aromatic heterocycles. The van der Waals surface area contributed by atoms with Crippen LogP contribution in [0.1, 0.15) is 19.0 Å². The Labute approximate surface area is 142 Å². The van der Waals surface area contributed by atoms with E-state index < -0.39 is 9.84 Å². The summed E-state index contributed by atoms with van der Waals surface area (Å²) in [4.78, 5) is 11.1. The molecule has 0 radical (unpaired) electrons. The number of aromatic nitrogens is 2. The van der Waals surface area contributed by atoms with Crippen LogP contribution in [0.15, 0.2) is 36.4 Å². The number of benzene rings is 1. The molecule has 1 saturated heterocycles. The van der Waals surface area contributed by atoms with Gasteiger partial charge in [-0.25, -0.2) is 13.4 Å². The molecule has 0 bridgehead atoms. The second kappa shape index (κ2) is 6.76. The number of hydrogen-bond donors (Lipinski definition) is 1. The Bertz CT molecular complexity index is 809. The van der Waals surface area contributed by atoms with Gasteiger partial charge in [-0.2, -0.15) is 4.98 Å². The van der Waals surface area contributed by atoms with Crippen molar-refractivity contribution in [2.24, 2.45) is 0 Å². The van der Waals surface area contributed by atoms with Gasteiger partial charge in [0.15, 0.2) is 9.84 Å². The van der Waals surface area contributed by atoms with Crippen LogP contribution >= 0.6 is 0 Å².